The first-order chi connectivity index (χ1) is 11.2. The van der Waals surface area contributed by atoms with Gasteiger partial charge in [0.2, 0.25) is 5.89 Å². The Morgan fingerprint density at radius 1 is 1.25 bits per heavy atom. The largest absolute Gasteiger partial charge is 0.444 e. The first-order valence-corrected chi connectivity index (χ1v) is 9.15. The van der Waals surface area contributed by atoms with Gasteiger partial charge >= 0.3 is 0 Å². The van der Waals surface area contributed by atoms with Crippen molar-refractivity contribution in [1.82, 2.24) is 15.6 Å². The van der Waals surface area contributed by atoms with Gasteiger partial charge in [-0.2, -0.15) is 0 Å². The lowest BCUT2D eigenvalue weighted by atomic mass is 9.85. The summed E-state index contributed by atoms with van der Waals surface area (Å²) in [7, 11) is 0. The summed E-state index contributed by atoms with van der Waals surface area (Å²) < 4.78 is 5.61. The highest BCUT2D eigenvalue weighted by Gasteiger charge is 2.43. The summed E-state index contributed by atoms with van der Waals surface area (Å²) in [6.45, 7) is 7.37. The number of rotatable bonds is 5. The molecule has 0 radical (unpaired) electrons. The van der Waals surface area contributed by atoms with E-state index in [1.807, 2.05) is 13.8 Å². The number of aliphatic imine (C=N–C) groups is 1. The molecule has 2 aliphatic rings. The lowest BCUT2D eigenvalue weighted by molar-refractivity contribution is 0.315. The number of guanidine groups is 1. The van der Waals surface area contributed by atoms with E-state index in [9.17, 15) is 0 Å². The van der Waals surface area contributed by atoms with Crippen molar-refractivity contribution in [1.29, 1.82) is 0 Å². The van der Waals surface area contributed by atoms with Gasteiger partial charge in [-0.1, -0.05) is 32.1 Å². The van der Waals surface area contributed by atoms with Crippen molar-refractivity contribution >= 4 is 29.9 Å². The molecule has 1 aromatic heterocycles. The van der Waals surface area contributed by atoms with Crippen LogP contribution in [0.2, 0.25) is 0 Å². The van der Waals surface area contributed by atoms with Crippen LogP contribution in [0.5, 0.6) is 0 Å². The van der Waals surface area contributed by atoms with Crippen molar-refractivity contribution in [2.24, 2.45) is 16.8 Å². The molecule has 24 heavy (non-hydrogen) atoms. The highest BCUT2D eigenvalue weighted by molar-refractivity contribution is 14.0. The van der Waals surface area contributed by atoms with Gasteiger partial charge in [-0.25, -0.2) is 9.98 Å². The summed E-state index contributed by atoms with van der Waals surface area (Å²) in [5.41, 5.74) is 0.952. The maximum atomic E-state index is 5.61. The molecule has 2 saturated carbocycles. The highest BCUT2D eigenvalue weighted by atomic mass is 127. The number of halogens is 1. The summed E-state index contributed by atoms with van der Waals surface area (Å²) in [5, 5.41) is 6.94. The van der Waals surface area contributed by atoms with Gasteiger partial charge in [-0.15, -0.1) is 24.0 Å². The Morgan fingerprint density at radius 2 is 2.00 bits per heavy atom. The smallest absolute Gasteiger partial charge is 0.216 e. The zero-order valence-electron chi connectivity index (χ0n) is 15.1. The van der Waals surface area contributed by atoms with Crippen LogP contribution in [0, 0.1) is 25.7 Å². The third-order valence-electron chi connectivity index (χ3n) is 5.21. The first-order valence-electron chi connectivity index (χ1n) is 9.15. The minimum Gasteiger partial charge on any atom is -0.444 e. The van der Waals surface area contributed by atoms with Crippen LogP contribution >= 0.6 is 24.0 Å². The molecule has 0 aromatic carbocycles. The molecule has 2 aliphatic carbocycles. The van der Waals surface area contributed by atoms with E-state index in [1.165, 1.54) is 38.5 Å². The molecule has 6 heteroatoms. The quantitative estimate of drug-likeness (QED) is 0.409. The summed E-state index contributed by atoms with van der Waals surface area (Å²) in [6.07, 6.45) is 8.42. The fourth-order valence-corrected chi connectivity index (χ4v) is 3.71. The van der Waals surface area contributed by atoms with Crippen molar-refractivity contribution in [3.63, 3.8) is 0 Å². The van der Waals surface area contributed by atoms with Gasteiger partial charge in [0.1, 0.15) is 12.3 Å². The SMILES string of the molecule is CCNC(=NCc1nc(C)c(C)o1)NC1CC1C1CCCCC1.I. The normalized spacial score (nSPS) is 24.4. The predicted molar refractivity (Wildman–Crippen MR) is 108 cm³/mol. The average Bonchev–Trinajstić information content (AvgIpc) is 3.24. The monoisotopic (exact) mass is 446 g/mol. The Kier molecular flexibility index (Phi) is 7.37. The lowest BCUT2D eigenvalue weighted by Crippen LogP contribution is -2.39. The van der Waals surface area contributed by atoms with Crippen molar-refractivity contribution < 1.29 is 4.42 Å². The second kappa shape index (κ2) is 9.06. The minimum absolute atomic E-state index is 0. The fourth-order valence-electron chi connectivity index (χ4n) is 3.71. The second-order valence-corrected chi connectivity index (χ2v) is 6.99. The van der Waals surface area contributed by atoms with Crippen LogP contribution in [-0.4, -0.2) is 23.5 Å². The molecule has 2 unspecified atom stereocenters. The summed E-state index contributed by atoms with van der Waals surface area (Å²) in [5.74, 6) is 4.25. The Morgan fingerprint density at radius 3 is 2.62 bits per heavy atom. The maximum absolute atomic E-state index is 5.61. The topological polar surface area (TPSA) is 62.5 Å². The number of hydrogen-bond donors (Lipinski definition) is 2. The maximum Gasteiger partial charge on any atom is 0.216 e. The van der Waals surface area contributed by atoms with E-state index in [2.05, 4.69) is 27.5 Å². The van der Waals surface area contributed by atoms with Gasteiger partial charge in [0.05, 0.1) is 5.69 Å². The third-order valence-corrected chi connectivity index (χ3v) is 5.21. The van der Waals surface area contributed by atoms with Crippen LogP contribution in [-0.2, 0) is 6.54 Å². The van der Waals surface area contributed by atoms with Crippen molar-refractivity contribution in [2.45, 2.75) is 71.9 Å². The van der Waals surface area contributed by atoms with E-state index in [0.29, 0.717) is 18.5 Å². The number of aromatic nitrogens is 1. The molecule has 0 aliphatic heterocycles. The van der Waals surface area contributed by atoms with E-state index in [1.54, 1.807) is 0 Å². The fraction of sp³-hybridized carbons (Fsp3) is 0.778. The number of nitrogens with one attached hydrogen (secondary N) is 2. The van der Waals surface area contributed by atoms with Crippen molar-refractivity contribution in [3.8, 4) is 0 Å². The zero-order valence-corrected chi connectivity index (χ0v) is 17.4. The zero-order chi connectivity index (χ0) is 16.2. The summed E-state index contributed by atoms with van der Waals surface area (Å²) in [6, 6.07) is 0.601. The van der Waals surface area contributed by atoms with Gasteiger partial charge in [0.25, 0.3) is 0 Å². The van der Waals surface area contributed by atoms with E-state index in [0.717, 1.165) is 35.8 Å². The molecule has 5 nitrogen and oxygen atoms in total. The predicted octanol–water partition coefficient (Wildman–Crippen LogP) is 3.93. The summed E-state index contributed by atoms with van der Waals surface area (Å²) in [4.78, 5) is 9.03. The van der Waals surface area contributed by atoms with Crippen LogP contribution in [0.1, 0.15) is 62.8 Å². The molecule has 2 fully saturated rings. The molecule has 2 atom stereocenters. The third kappa shape index (κ3) is 5.10. The van der Waals surface area contributed by atoms with E-state index >= 15 is 0 Å². The molecule has 2 N–H and O–H groups in total. The van der Waals surface area contributed by atoms with Crippen LogP contribution in [0.15, 0.2) is 9.41 Å². The number of nitrogens with zero attached hydrogens (tertiary/aromatic N) is 2. The van der Waals surface area contributed by atoms with Crippen LogP contribution in [0.3, 0.4) is 0 Å². The molecule has 0 saturated heterocycles. The van der Waals surface area contributed by atoms with E-state index in [4.69, 9.17) is 4.42 Å². The van der Waals surface area contributed by atoms with Gasteiger partial charge in [0, 0.05) is 12.6 Å². The molecule has 0 bridgehead atoms. The number of oxazole rings is 1. The van der Waals surface area contributed by atoms with E-state index in [-0.39, 0.29) is 24.0 Å². The van der Waals surface area contributed by atoms with Crippen LogP contribution in [0.4, 0.5) is 0 Å². The van der Waals surface area contributed by atoms with Gasteiger partial charge in [-0.3, -0.25) is 0 Å². The van der Waals surface area contributed by atoms with Crippen molar-refractivity contribution in [2.75, 3.05) is 6.54 Å². The Hall–Kier alpha value is -0.790. The number of aryl methyl sites for hydroxylation is 2. The summed E-state index contributed by atoms with van der Waals surface area (Å²) >= 11 is 0. The number of hydrogen-bond acceptors (Lipinski definition) is 3. The molecule has 136 valence electrons. The molecule has 3 rings (SSSR count). The van der Waals surface area contributed by atoms with Gasteiger partial charge in [-0.05, 0) is 39.0 Å². The highest BCUT2D eigenvalue weighted by Crippen LogP contribution is 2.44. The van der Waals surface area contributed by atoms with Crippen LogP contribution in [0.25, 0.3) is 0 Å². The minimum atomic E-state index is 0. The Balaban J connectivity index is 0.00000208. The lowest BCUT2D eigenvalue weighted by Gasteiger charge is -2.22. The molecular weight excluding hydrogens is 415 g/mol. The Bertz CT molecular complexity index is 532. The molecule has 1 aromatic rings. The van der Waals surface area contributed by atoms with Gasteiger partial charge < -0.3 is 15.1 Å². The molecule has 1 heterocycles. The average molecular weight is 446 g/mol. The molecule has 0 spiro atoms. The van der Waals surface area contributed by atoms with E-state index < -0.39 is 0 Å². The molecular formula is C18H31IN4O. The van der Waals surface area contributed by atoms with Crippen LogP contribution < -0.4 is 10.6 Å². The first kappa shape index (κ1) is 19.5. The second-order valence-electron chi connectivity index (χ2n) is 6.99. The van der Waals surface area contributed by atoms with Crippen molar-refractivity contribution in [3.05, 3.63) is 17.3 Å². The standard InChI is InChI=1S/C18H30N4O.HI/c1-4-19-18(20-11-17-21-12(2)13(3)23-17)22-16-10-15(16)14-8-6-5-7-9-14;/h14-16H,4-11H2,1-3H3,(H2,19,20,22);1H. The van der Waals surface area contributed by atoms with Gasteiger partial charge in [0.15, 0.2) is 5.96 Å². The Labute approximate surface area is 162 Å². The molecule has 0 amide bonds.